The van der Waals surface area contributed by atoms with Crippen LogP contribution in [0.25, 0.3) is 0 Å². The Kier molecular flexibility index (Phi) is 7.65. The van der Waals surface area contributed by atoms with E-state index in [-0.39, 0.29) is 0 Å². The molecule has 3 rings (SSSR count). The predicted molar refractivity (Wildman–Crippen MR) is 110 cm³/mol. The smallest absolute Gasteiger partial charge is 0.222 e. The van der Waals surface area contributed by atoms with Crippen molar-refractivity contribution in [3.63, 3.8) is 0 Å². The van der Waals surface area contributed by atoms with Gasteiger partial charge in [0.15, 0.2) is 0 Å². The van der Waals surface area contributed by atoms with Gasteiger partial charge in [0, 0.05) is 37.9 Å². The molecular formula is C22H36N4O. The first-order chi connectivity index (χ1) is 13.2. The molecule has 0 atom stereocenters. The average molecular weight is 373 g/mol. The molecule has 0 aromatic carbocycles. The summed E-state index contributed by atoms with van der Waals surface area (Å²) < 4.78 is 0. The molecule has 0 N–H and O–H groups in total. The van der Waals surface area contributed by atoms with Crippen molar-refractivity contribution in [1.82, 2.24) is 19.7 Å². The summed E-state index contributed by atoms with van der Waals surface area (Å²) in [7, 11) is 2.23. The van der Waals surface area contributed by atoms with Crippen LogP contribution in [0.4, 0.5) is 0 Å². The summed E-state index contributed by atoms with van der Waals surface area (Å²) in [6, 6.07) is 4.77. The first-order valence-electron chi connectivity index (χ1n) is 10.7. The van der Waals surface area contributed by atoms with E-state index < -0.39 is 0 Å². The lowest BCUT2D eigenvalue weighted by Gasteiger charge is -2.41. The third-order valence-corrected chi connectivity index (χ3v) is 6.42. The van der Waals surface area contributed by atoms with Gasteiger partial charge in [-0.25, -0.2) is 0 Å². The SMILES string of the molecule is CCN(CC1CCN(C2CCN(C)CC2)CC1)C(=O)CCc1cccnc1. The van der Waals surface area contributed by atoms with Crippen molar-refractivity contribution in [3.8, 4) is 0 Å². The molecule has 5 nitrogen and oxygen atoms in total. The van der Waals surface area contributed by atoms with E-state index in [1.54, 1.807) is 6.20 Å². The van der Waals surface area contributed by atoms with E-state index >= 15 is 0 Å². The monoisotopic (exact) mass is 372 g/mol. The number of carbonyl (C=O) groups is 1. The molecule has 1 aromatic rings. The lowest BCUT2D eigenvalue weighted by atomic mass is 9.93. The first-order valence-corrected chi connectivity index (χ1v) is 10.7. The molecule has 5 heteroatoms. The van der Waals surface area contributed by atoms with Gasteiger partial charge in [0.1, 0.15) is 0 Å². The fourth-order valence-corrected chi connectivity index (χ4v) is 4.54. The molecule has 2 saturated heterocycles. The summed E-state index contributed by atoms with van der Waals surface area (Å²) in [6.45, 7) is 8.75. The van der Waals surface area contributed by atoms with Crippen LogP contribution in [0.2, 0.25) is 0 Å². The minimum atomic E-state index is 0.291. The standard InChI is InChI=1S/C22H36N4O/c1-3-25(22(27)7-6-19-5-4-12-23-17-19)18-20-8-15-26(16-9-20)21-10-13-24(2)14-11-21/h4-5,12,17,20-21H,3,6-11,13-16,18H2,1-2H3. The molecule has 0 saturated carbocycles. The quantitative estimate of drug-likeness (QED) is 0.738. The molecule has 0 radical (unpaired) electrons. The van der Waals surface area contributed by atoms with Gasteiger partial charge in [-0.3, -0.25) is 9.78 Å². The summed E-state index contributed by atoms with van der Waals surface area (Å²) in [5.74, 6) is 0.953. The highest BCUT2D eigenvalue weighted by Crippen LogP contribution is 2.24. The van der Waals surface area contributed by atoms with Crippen LogP contribution in [0.3, 0.4) is 0 Å². The van der Waals surface area contributed by atoms with Gasteiger partial charge in [-0.1, -0.05) is 6.07 Å². The number of piperidine rings is 2. The van der Waals surface area contributed by atoms with Gasteiger partial charge in [-0.05, 0) is 89.8 Å². The zero-order chi connectivity index (χ0) is 19.1. The van der Waals surface area contributed by atoms with Gasteiger partial charge in [0.05, 0.1) is 0 Å². The fourth-order valence-electron chi connectivity index (χ4n) is 4.54. The third-order valence-electron chi connectivity index (χ3n) is 6.42. The number of hydrogen-bond donors (Lipinski definition) is 0. The Bertz CT molecular complexity index is 563. The molecule has 3 heterocycles. The Hall–Kier alpha value is -1.46. The fraction of sp³-hybridized carbons (Fsp3) is 0.727. The van der Waals surface area contributed by atoms with Crippen LogP contribution in [0, 0.1) is 5.92 Å². The Balaban J connectivity index is 1.40. The molecule has 0 spiro atoms. The highest BCUT2D eigenvalue weighted by molar-refractivity contribution is 5.76. The molecule has 2 aliphatic heterocycles. The molecule has 2 aliphatic rings. The minimum Gasteiger partial charge on any atom is -0.343 e. The third kappa shape index (κ3) is 6.01. The Morgan fingerprint density at radius 3 is 2.56 bits per heavy atom. The zero-order valence-corrected chi connectivity index (χ0v) is 17.1. The minimum absolute atomic E-state index is 0.291. The van der Waals surface area contributed by atoms with Gasteiger partial charge >= 0.3 is 0 Å². The average Bonchev–Trinajstić information content (AvgIpc) is 2.72. The number of aryl methyl sites for hydroxylation is 1. The highest BCUT2D eigenvalue weighted by Gasteiger charge is 2.28. The molecule has 1 aromatic heterocycles. The van der Waals surface area contributed by atoms with Crippen LogP contribution in [-0.2, 0) is 11.2 Å². The van der Waals surface area contributed by atoms with E-state index in [1.807, 2.05) is 12.3 Å². The van der Waals surface area contributed by atoms with Crippen molar-refractivity contribution in [2.75, 3.05) is 46.3 Å². The molecule has 0 aliphatic carbocycles. The Morgan fingerprint density at radius 1 is 1.19 bits per heavy atom. The van der Waals surface area contributed by atoms with Gasteiger partial charge < -0.3 is 14.7 Å². The number of pyridine rings is 1. The lowest BCUT2D eigenvalue weighted by Crippen LogP contribution is -2.48. The van der Waals surface area contributed by atoms with E-state index in [9.17, 15) is 4.79 Å². The topological polar surface area (TPSA) is 39.7 Å². The van der Waals surface area contributed by atoms with Crippen LogP contribution in [0.15, 0.2) is 24.5 Å². The van der Waals surface area contributed by atoms with E-state index in [0.717, 1.165) is 31.1 Å². The van der Waals surface area contributed by atoms with E-state index in [0.29, 0.717) is 18.2 Å². The number of amides is 1. The Morgan fingerprint density at radius 2 is 1.93 bits per heavy atom. The molecule has 150 valence electrons. The second-order valence-electron chi connectivity index (χ2n) is 8.31. The van der Waals surface area contributed by atoms with Crippen molar-refractivity contribution in [2.45, 2.75) is 51.5 Å². The van der Waals surface area contributed by atoms with Crippen LogP contribution in [0.1, 0.15) is 44.6 Å². The predicted octanol–water partition coefficient (Wildman–Crippen LogP) is 2.67. The number of aromatic nitrogens is 1. The van der Waals surface area contributed by atoms with Crippen LogP contribution >= 0.6 is 0 Å². The first kappa shape index (κ1) is 20.3. The second kappa shape index (κ2) is 10.2. The van der Waals surface area contributed by atoms with Gasteiger partial charge in [0.25, 0.3) is 0 Å². The molecule has 1 amide bonds. The summed E-state index contributed by atoms with van der Waals surface area (Å²) in [5.41, 5.74) is 1.15. The number of carbonyl (C=O) groups excluding carboxylic acids is 1. The second-order valence-corrected chi connectivity index (χ2v) is 8.31. The molecule has 0 unspecified atom stereocenters. The van der Waals surface area contributed by atoms with E-state index in [2.05, 4.69) is 39.7 Å². The maximum absolute atomic E-state index is 12.7. The van der Waals surface area contributed by atoms with Crippen molar-refractivity contribution < 1.29 is 4.79 Å². The number of likely N-dealkylation sites (tertiary alicyclic amines) is 2. The van der Waals surface area contributed by atoms with E-state index in [4.69, 9.17) is 0 Å². The summed E-state index contributed by atoms with van der Waals surface area (Å²) >= 11 is 0. The van der Waals surface area contributed by atoms with Crippen LogP contribution in [-0.4, -0.2) is 77.9 Å². The van der Waals surface area contributed by atoms with Crippen molar-refractivity contribution in [1.29, 1.82) is 0 Å². The van der Waals surface area contributed by atoms with Crippen LogP contribution < -0.4 is 0 Å². The molecule has 2 fully saturated rings. The van der Waals surface area contributed by atoms with Gasteiger partial charge in [-0.15, -0.1) is 0 Å². The normalized spacial score (nSPS) is 20.7. The summed E-state index contributed by atoms with van der Waals surface area (Å²) in [5, 5.41) is 0. The maximum Gasteiger partial charge on any atom is 0.222 e. The van der Waals surface area contributed by atoms with Crippen molar-refractivity contribution in [2.24, 2.45) is 5.92 Å². The molecule has 0 bridgehead atoms. The largest absolute Gasteiger partial charge is 0.343 e. The van der Waals surface area contributed by atoms with Gasteiger partial charge in [-0.2, -0.15) is 0 Å². The number of hydrogen-bond acceptors (Lipinski definition) is 4. The lowest BCUT2D eigenvalue weighted by molar-refractivity contribution is -0.131. The van der Waals surface area contributed by atoms with Crippen LogP contribution in [0.5, 0.6) is 0 Å². The number of rotatable bonds is 7. The van der Waals surface area contributed by atoms with Crippen molar-refractivity contribution in [3.05, 3.63) is 30.1 Å². The van der Waals surface area contributed by atoms with Gasteiger partial charge in [0.2, 0.25) is 5.91 Å². The summed E-state index contributed by atoms with van der Waals surface area (Å²) in [6.07, 6.45) is 10.1. The zero-order valence-electron chi connectivity index (χ0n) is 17.1. The molecule has 27 heavy (non-hydrogen) atoms. The molecular weight excluding hydrogens is 336 g/mol. The maximum atomic E-state index is 12.7. The van der Waals surface area contributed by atoms with E-state index in [1.165, 1.54) is 51.9 Å². The highest BCUT2D eigenvalue weighted by atomic mass is 16.2. The summed E-state index contributed by atoms with van der Waals surface area (Å²) in [4.78, 5) is 24.0. The number of nitrogens with zero attached hydrogens (tertiary/aromatic N) is 4. The Labute approximate surface area is 164 Å². The van der Waals surface area contributed by atoms with Crippen molar-refractivity contribution >= 4 is 5.91 Å².